The highest BCUT2D eigenvalue weighted by atomic mass is 19.1. The molecule has 5 heteroatoms. The van der Waals surface area contributed by atoms with Crippen LogP contribution in [-0.2, 0) is 0 Å². The van der Waals surface area contributed by atoms with Crippen molar-refractivity contribution >= 4 is 17.0 Å². The van der Waals surface area contributed by atoms with Crippen LogP contribution in [-0.4, -0.2) is 27.7 Å². The molecule has 0 aliphatic heterocycles. The Hall–Kier alpha value is -1.62. The van der Waals surface area contributed by atoms with Gasteiger partial charge in [-0.25, -0.2) is 9.37 Å². The number of fused-ring (bicyclic) bond motifs is 1. The van der Waals surface area contributed by atoms with E-state index in [0.717, 1.165) is 37.7 Å². The predicted octanol–water partition coefficient (Wildman–Crippen LogP) is 2.67. The number of aliphatic hydroxyl groups is 1. The number of anilines is 1. The molecule has 1 fully saturated rings. The number of hydrogen-bond acceptors (Lipinski definition) is 3. The van der Waals surface area contributed by atoms with Crippen molar-refractivity contribution in [3.8, 4) is 0 Å². The first-order chi connectivity index (χ1) is 9.20. The van der Waals surface area contributed by atoms with Gasteiger partial charge >= 0.3 is 0 Å². The molecule has 1 heterocycles. The molecule has 3 N–H and O–H groups in total. The Bertz CT molecular complexity index is 561. The van der Waals surface area contributed by atoms with Gasteiger partial charge in [0, 0.05) is 6.54 Å². The van der Waals surface area contributed by atoms with Crippen molar-refractivity contribution in [2.45, 2.75) is 31.8 Å². The number of benzene rings is 1. The Balaban J connectivity index is 1.62. The average molecular weight is 263 g/mol. The third-order valence-electron chi connectivity index (χ3n) is 3.82. The summed E-state index contributed by atoms with van der Waals surface area (Å²) >= 11 is 0. The van der Waals surface area contributed by atoms with Gasteiger partial charge in [0.05, 0.1) is 17.1 Å². The zero-order chi connectivity index (χ0) is 13.2. The number of nitrogens with one attached hydrogen (secondary N) is 2. The second-order valence-corrected chi connectivity index (χ2v) is 5.30. The third kappa shape index (κ3) is 2.87. The van der Waals surface area contributed by atoms with Gasteiger partial charge in [0.25, 0.3) is 0 Å². The normalized spacial score (nSPS) is 23.7. The van der Waals surface area contributed by atoms with Crippen LogP contribution >= 0.6 is 0 Å². The van der Waals surface area contributed by atoms with Crippen LogP contribution in [0.2, 0.25) is 0 Å². The molecule has 1 aliphatic carbocycles. The first kappa shape index (κ1) is 12.4. The summed E-state index contributed by atoms with van der Waals surface area (Å²) < 4.78 is 13.1. The summed E-state index contributed by atoms with van der Waals surface area (Å²) in [7, 11) is 0. The van der Waals surface area contributed by atoms with E-state index in [9.17, 15) is 9.50 Å². The number of H-pyrrole nitrogens is 1. The Labute approximate surface area is 111 Å². The Kier molecular flexibility index (Phi) is 3.38. The molecule has 0 spiro atoms. The molecule has 0 atom stereocenters. The highest BCUT2D eigenvalue weighted by Gasteiger charge is 2.19. The fourth-order valence-corrected chi connectivity index (χ4v) is 2.66. The Morgan fingerprint density at radius 2 is 2.11 bits per heavy atom. The van der Waals surface area contributed by atoms with Gasteiger partial charge in [-0.15, -0.1) is 0 Å². The van der Waals surface area contributed by atoms with E-state index >= 15 is 0 Å². The predicted molar refractivity (Wildman–Crippen MR) is 72.5 cm³/mol. The number of nitrogens with zero attached hydrogens (tertiary/aromatic N) is 1. The molecule has 1 aromatic heterocycles. The summed E-state index contributed by atoms with van der Waals surface area (Å²) in [5.41, 5.74) is 1.48. The van der Waals surface area contributed by atoms with Gasteiger partial charge in [-0.2, -0.15) is 0 Å². The third-order valence-corrected chi connectivity index (χ3v) is 3.82. The van der Waals surface area contributed by atoms with Gasteiger partial charge < -0.3 is 15.4 Å². The van der Waals surface area contributed by atoms with Crippen LogP contribution in [0, 0.1) is 11.7 Å². The van der Waals surface area contributed by atoms with Crippen molar-refractivity contribution in [2.24, 2.45) is 5.92 Å². The zero-order valence-corrected chi connectivity index (χ0v) is 10.7. The van der Waals surface area contributed by atoms with Crippen molar-refractivity contribution in [2.75, 3.05) is 11.9 Å². The summed E-state index contributed by atoms with van der Waals surface area (Å²) in [6, 6.07) is 4.53. The van der Waals surface area contributed by atoms with Crippen LogP contribution in [0.25, 0.3) is 11.0 Å². The van der Waals surface area contributed by atoms with Gasteiger partial charge in [0.2, 0.25) is 5.95 Å². The molecule has 0 bridgehead atoms. The fraction of sp³-hybridized carbons (Fsp3) is 0.500. The van der Waals surface area contributed by atoms with E-state index in [1.54, 1.807) is 6.07 Å². The fourth-order valence-electron chi connectivity index (χ4n) is 2.66. The molecule has 1 saturated carbocycles. The molecular weight excluding hydrogens is 245 g/mol. The van der Waals surface area contributed by atoms with E-state index in [1.807, 2.05) is 0 Å². The summed E-state index contributed by atoms with van der Waals surface area (Å²) in [5.74, 6) is 1.00. The van der Waals surface area contributed by atoms with Crippen molar-refractivity contribution in [1.82, 2.24) is 9.97 Å². The Morgan fingerprint density at radius 3 is 2.89 bits per heavy atom. The smallest absolute Gasteiger partial charge is 0.201 e. The minimum absolute atomic E-state index is 0.120. The quantitative estimate of drug-likeness (QED) is 0.798. The van der Waals surface area contributed by atoms with E-state index in [2.05, 4.69) is 15.3 Å². The topological polar surface area (TPSA) is 60.9 Å². The Morgan fingerprint density at radius 1 is 1.32 bits per heavy atom. The van der Waals surface area contributed by atoms with Gasteiger partial charge in [-0.05, 0) is 49.8 Å². The van der Waals surface area contributed by atoms with Crippen LogP contribution in [0.1, 0.15) is 25.7 Å². The van der Waals surface area contributed by atoms with E-state index in [4.69, 9.17) is 0 Å². The number of halogens is 1. The van der Waals surface area contributed by atoms with E-state index in [1.165, 1.54) is 12.1 Å². The maximum atomic E-state index is 13.1. The van der Waals surface area contributed by atoms with Gasteiger partial charge in [0.1, 0.15) is 5.82 Å². The van der Waals surface area contributed by atoms with Crippen molar-refractivity contribution in [3.05, 3.63) is 24.0 Å². The molecule has 0 amide bonds. The lowest BCUT2D eigenvalue weighted by molar-refractivity contribution is 0.111. The van der Waals surface area contributed by atoms with Crippen LogP contribution in [0.3, 0.4) is 0 Å². The lowest BCUT2D eigenvalue weighted by atomic mass is 9.87. The number of imidazole rings is 1. The minimum atomic E-state index is -0.260. The molecule has 1 aliphatic rings. The molecule has 2 aromatic rings. The largest absolute Gasteiger partial charge is 0.393 e. The second kappa shape index (κ2) is 5.17. The van der Waals surface area contributed by atoms with Gasteiger partial charge in [-0.1, -0.05) is 0 Å². The molecule has 0 saturated heterocycles. The summed E-state index contributed by atoms with van der Waals surface area (Å²) in [6.07, 6.45) is 3.74. The highest BCUT2D eigenvalue weighted by Crippen LogP contribution is 2.24. The molecule has 0 unspecified atom stereocenters. The van der Waals surface area contributed by atoms with Crippen molar-refractivity contribution in [1.29, 1.82) is 0 Å². The number of aromatic amines is 1. The van der Waals surface area contributed by atoms with Crippen LogP contribution in [0.4, 0.5) is 10.3 Å². The summed E-state index contributed by atoms with van der Waals surface area (Å²) in [4.78, 5) is 7.44. The number of aliphatic hydroxyl groups excluding tert-OH is 1. The van der Waals surface area contributed by atoms with Gasteiger partial charge in [-0.3, -0.25) is 0 Å². The number of hydrogen-bond donors (Lipinski definition) is 3. The standard InChI is InChI=1S/C14H18FN3O/c15-10-3-6-12-13(7-10)18-14(17-12)16-8-9-1-4-11(19)5-2-9/h3,6-7,9,11,19H,1-2,4-5,8H2,(H2,16,17,18). The molecule has 19 heavy (non-hydrogen) atoms. The maximum Gasteiger partial charge on any atom is 0.201 e. The monoisotopic (exact) mass is 263 g/mol. The SMILES string of the molecule is OC1CCC(CNc2nc3ccc(F)cc3[nH]2)CC1. The first-order valence-corrected chi connectivity index (χ1v) is 6.78. The number of rotatable bonds is 3. The zero-order valence-electron chi connectivity index (χ0n) is 10.7. The maximum absolute atomic E-state index is 13.1. The average Bonchev–Trinajstić information content (AvgIpc) is 2.80. The number of aromatic nitrogens is 2. The van der Waals surface area contributed by atoms with Crippen molar-refractivity contribution < 1.29 is 9.50 Å². The van der Waals surface area contributed by atoms with Crippen molar-refractivity contribution in [3.63, 3.8) is 0 Å². The minimum Gasteiger partial charge on any atom is -0.393 e. The summed E-state index contributed by atoms with van der Waals surface area (Å²) in [6.45, 7) is 0.842. The highest BCUT2D eigenvalue weighted by molar-refractivity contribution is 5.77. The first-order valence-electron chi connectivity index (χ1n) is 6.78. The second-order valence-electron chi connectivity index (χ2n) is 5.30. The molecule has 0 radical (unpaired) electrons. The van der Waals surface area contributed by atoms with Gasteiger partial charge in [0.15, 0.2) is 0 Å². The summed E-state index contributed by atoms with van der Waals surface area (Å²) in [5, 5.41) is 12.7. The lowest BCUT2D eigenvalue weighted by Gasteiger charge is -2.25. The van der Waals surface area contributed by atoms with Crippen LogP contribution in [0.5, 0.6) is 0 Å². The lowest BCUT2D eigenvalue weighted by Crippen LogP contribution is -2.23. The molecular formula is C14H18FN3O. The molecule has 102 valence electrons. The van der Waals surface area contributed by atoms with Crippen LogP contribution in [0.15, 0.2) is 18.2 Å². The van der Waals surface area contributed by atoms with Crippen LogP contribution < -0.4 is 5.32 Å². The van der Waals surface area contributed by atoms with E-state index in [0.29, 0.717) is 17.4 Å². The van der Waals surface area contributed by atoms with E-state index in [-0.39, 0.29) is 11.9 Å². The van der Waals surface area contributed by atoms with E-state index < -0.39 is 0 Å². The molecule has 1 aromatic carbocycles. The molecule has 4 nitrogen and oxygen atoms in total. The molecule has 3 rings (SSSR count).